The van der Waals surface area contributed by atoms with Gasteiger partial charge in [-0.05, 0) is 42.0 Å². The number of fused-ring (bicyclic) bond motifs is 1. The van der Waals surface area contributed by atoms with Gasteiger partial charge in [-0.15, -0.1) is 0 Å². The summed E-state index contributed by atoms with van der Waals surface area (Å²) >= 11 is 5.94. The van der Waals surface area contributed by atoms with E-state index < -0.39 is 30.0 Å². The maximum atomic E-state index is 13.6. The fraction of sp³-hybridized carbons (Fsp3) is 0.167. The van der Waals surface area contributed by atoms with Gasteiger partial charge in [0, 0.05) is 40.4 Å². The third kappa shape index (κ3) is 7.76. The van der Waals surface area contributed by atoms with Crippen LogP contribution < -0.4 is 30.3 Å². The summed E-state index contributed by atoms with van der Waals surface area (Å²) in [5, 5.41) is 5.96. The molecule has 246 valence electrons. The molecule has 2 amide bonds. The quantitative estimate of drug-likeness (QED) is 0.161. The summed E-state index contributed by atoms with van der Waals surface area (Å²) in [6.07, 6.45) is 0.195. The van der Waals surface area contributed by atoms with Crippen LogP contribution in [0.4, 0.5) is 5.69 Å². The minimum absolute atomic E-state index is 0.00496. The van der Waals surface area contributed by atoms with Gasteiger partial charge in [0.05, 0.1) is 21.3 Å². The van der Waals surface area contributed by atoms with Gasteiger partial charge in [-0.3, -0.25) is 14.4 Å². The Kier molecular flexibility index (Phi) is 10.6. The fourth-order valence-electron chi connectivity index (χ4n) is 4.98. The van der Waals surface area contributed by atoms with E-state index in [0.717, 1.165) is 5.56 Å². The molecule has 0 spiro atoms. The third-order valence-electron chi connectivity index (χ3n) is 7.28. The predicted molar refractivity (Wildman–Crippen MR) is 180 cm³/mol. The van der Waals surface area contributed by atoms with Gasteiger partial charge in [0.2, 0.25) is 5.75 Å². The van der Waals surface area contributed by atoms with E-state index in [1.165, 1.54) is 33.5 Å². The minimum atomic E-state index is -0.978. The van der Waals surface area contributed by atoms with Crippen LogP contribution >= 0.6 is 11.6 Å². The molecule has 5 aromatic rings. The normalized spacial score (nSPS) is 11.3. The first-order valence-corrected chi connectivity index (χ1v) is 15.0. The smallest absolute Gasteiger partial charge is 0.328 e. The van der Waals surface area contributed by atoms with Crippen LogP contribution in [0, 0.1) is 0 Å². The van der Waals surface area contributed by atoms with E-state index >= 15 is 0 Å². The van der Waals surface area contributed by atoms with E-state index in [0.29, 0.717) is 21.8 Å². The molecule has 2 N–H and O–H groups in total. The first-order valence-electron chi connectivity index (χ1n) is 14.6. The summed E-state index contributed by atoms with van der Waals surface area (Å²) in [7, 11) is 3.99. The zero-order valence-electron chi connectivity index (χ0n) is 26.2. The average Bonchev–Trinajstić information content (AvgIpc) is 3.10. The van der Waals surface area contributed by atoms with E-state index in [1.54, 1.807) is 48.5 Å². The number of rotatable bonds is 12. The summed E-state index contributed by atoms with van der Waals surface area (Å²) in [4.78, 5) is 52.0. The number of hydrogen-bond donors (Lipinski definition) is 2. The maximum Gasteiger partial charge on any atom is 0.328 e. The highest BCUT2D eigenvalue weighted by Crippen LogP contribution is 2.43. The molecule has 1 atom stereocenters. The third-order valence-corrected chi connectivity index (χ3v) is 7.53. The molecule has 1 aromatic heterocycles. The molecule has 1 heterocycles. The molecule has 0 aliphatic rings. The number of halogens is 1. The number of ether oxygens (including phenoxy) is 4. The van der Waals surface area contributed by atoms with Gasteiger partial charge < -0.3 is 34.0 Å². The van der Waals surface area contributed by atoms with E-state index in [-0.39, 0.29) is 46.3 Å². The molecule has 0 saturated carbocycles. The molecular weight excluding hydrogens is 640 g/mol. The van der Waals surface area contributed by atoms with Crippen LogP contribution in [0.5, 0.6) is 17.2 Å². The fourth-order valence-corrected chi connectivity index (χ4v) is 5.11. The second-order valence-corrected chi connectivity index (χ2v) is 10.9. The second kappa shape index (κ2) is 15.2. The maximum absolute atomic E-state index is 13.6. The van der Waals surface area contributed by atoms with Crippen molar-refractivity contribution in [3.63, 3.8) is 0 Å². The largest absolute Gasteiger partial charge is 0.493 e. The average molecular weight is 671 g/mol. The number of benzene rings is 4. The van der Waals surface area contributed by atoms with Crippen molar-refractivity contribution in [3.8, 4) is 28.6 Å². The van der Waals surface area contributed by atoms with Gasteiger partial charge in [-0.1, -0.05) is 54.1 Å². The number of amides is 2. The van der Waals surface area contributed by atoms with Gasteiger partial charge in [0.1, 0.15) is 22.8 Å². The Bertz CT molecular complexity index is 2010. The summed E-state index contributed by atoms with van der Waals surface area (Å²) in [5.41, 5.74) is 1.74. The van der Waals surface area contributed by atoms with Crippen molar-refractivity contribution in [2.45, 2.75) is 12.5 Å². The minimum Gasteiger partial charge on any atom is -0.493 e. The molecule has 0 saturated heterocycles. The van der Waals surface area contributed by atoms with Crippen LogP contribution in [0.2, 0.25) is 5.02 Å². The Morgan fingerprint density at radius 3 is 2.29 bits per heavy atom. The van der Waals surface area contributed by atoms with Crippen LogP contribution in [0.15, 0.2) is 100 Å². The van der Waals surface area contributed by atoms with Gasteiger partial charge in [0.25, 0.3) is 11.8 Å². The zero-order chi connectivity index (χ0) is 34.2. The van der Waals surface area contributed by atoms with Crippen molar-refractivity contribution >= 4 is 46.0 Å². The molecule has 0 aliphatic heterocycles. The lowest BCUT2D eigenvalue weighted by molar-refractivity contribution is -0.145. The van der Waals surface area contributed by atoms with E-state index in [1.807, 2.05) is 30.3 Å². The molecule has 0 fully saturated rings. The lowest BCUT2D eigenvalue weighted by Gasteiger charge is -2.18. The Hall–Kier alpha value is -5.81. The standard InChI is InChI=1S/C36H31ClN2O9/c1-44-30-19-29-32(34(33(30)45-2)47-20-31(41)39-26(36(43)46-3)16-21-8-5-4-6-9-21)27(40)18-28(48-29)22-10-7-11-23(17-22)35(42)38-25-14-12-24(37)13-15-25/h4-15,17-19,26H,16,20H2,1-3H3,(H,38,42)(H,39,41)/t26-/m0/s1. The zero-order valence-corrected chi connectivity index (χ0v) is 27.0. The monoisotopic (exact) mass is 670 g/mol. The molecule has 5 rings (SSSR count). The van der Waals surface area contributed by atoms with Crippen LogP contribution in [-0.2, 0) is 20.7 Å². The Labute approximate surface area is 280 Å². The lowest BCUT2D eigenvalue weighted by Crippen LogP contribution is -2.45. The first-order chi connectivity index (χ1) is 23.2. The molecule has 0 radical (unpaired) electrons. The number of anilines is 1. The number of carbonyl (C=O) groups excluding carboxylic acids is 3. The Balaban J connectivity index is 1.42. The van der Waals surface area contributed by atoms with Gasteiger partial charge in [0.15, 0.2) is 23.5 Å². The van der Waals surface area contributed by atoms with Crippen LogP contribution in [-0.4, -0.2) is 51.8 Å². The number of nitrogens with one attached hydrogen (secondary N) is 2. The van der Waals surface area contributed by atoms with Crippen LogP contribution in [0.25, 0.3) is 22.3 Å². The van der Waals surface area contributed by atoms with Crippen molar-refractivity contribution in [3.05, 3.63) is 117 Å². The van der Waals surface area contributed by atoms with Gasteiger partial charge in [-0.2, -0.15) is 0 Å². The molecule has 0 bridgehead atoms. The number of esters is 1. The Morgan fingerprint density at radius 1 is 0.854 bits per heavy atom. The molecule has 12 heteroatoms. The number of hydrogen-bond acceptors (Lipinski definition) is 9. The van der Waals surface area contributed by atoms with E-state index in [9.17, 15) is 19.2 Å². The predicted octanol–water partition coefficient (Wildman–Crippen LogP) is 5.66. The number of carbonyl (C=O) groups is 3. The first kappa shape index (κ1) is 33.6. The molecular formula is C36H31ClN2O9. The highest BCUT2D eigenvalue weighted by atomic mass is 35.5. The van der Waals surface area contributed by atoms with Crippen molar-refractivity contribution in [2.75, 3.05) is 33.3 Å². The number of methoxy groups -OCH3 is 3. The summed E-state index contributed by atoms with van der Waals surface area (Å²) in [6.45, 7) is -0.577. The topological polar surface area (TPSA) is 142 Å². The van der Waals surface area contributed by atoms with Crippen molar-refractivity contribution in [1.29, 1.82) is 0 Å². The van der Waals surface area contributed by atoms with E-state index in [4.69, 9.17) is 35.0 Å². The molecule has 0 aliphatic carbocycles. The van der Waals surface area contributed by atoms with Crippen molar-refractivity contribution < 1.29 is 37.7 Å². The molecule has 4 aromatic carbocycles. The highest BCUT2D eigenvalue weighted by molar-refractivity contribution is 6.30. The summed E-state index contributed by atoms with van der Waals surface area (Å²) in [5.74, 6) is -1.32. The summed E-state index contributed by atoms with van der Waals surface area (Å²) < 4.78 is 27.9. The van der Waals surface area contributed by atoms with Gasteiger partial charge >= 0.3 is 5.97 Å². The lowest BCUT2D eigenvalue weighted by atomic mass is 10.1. The molecule has 11 nitrogen and oxygen atoms in total. The van der Waals surface area contributed by atoms with E-state index in [2.05, 4.69) is 10.6 Å². The second-order valence-electron chi connectivity index (χ2n) is 10.5. The van der Waals surface area contributed by atoms with Gasteiger partial charge in [-0.25, -0.2) is 4.79 Å². The Morgan fingerprint density at radius 2 is 1.60 bits per heavy atom. The molecule has 0 unspecified atom stereocenters. The highest BCUT2D eigenvalue weighted by Gasteiger charge is 2.25. The molecule has 48 heavy (non-hydrogen) atoms. The summed E-state index contributed by atoms with van der Waals surface area (Å²) in [6, 6.07) is 24.1. The van der Waals surface area contributed by atoms with Crippen LogP contribution in [0.1, 0.15) is 15.9 Å². The SMILES string of the molecule is COC(=O)[C@H](Cc1ccccc1)NC(=O)COc1c(OC)c(OC)cc2oc(-c3cccc(C(=O)Nc4ccc(Cl)cc4)c3)cc(=O)c12. The van der Waals surface area contributed by atoms with Crippen LogP contribution in [0.3, 0.4) is 0 Å². The van der Waals surface area contributed by atoms with Crippen molar-refractivity contribution in [2.24, 2.45) is 0 Å². The van der Waals surface area contributed by atoms with Crippen molar-refractivity contribution in [1.82, 2.24) is 5.32 Å².